The van der Waals surface area contributed by atoms with Gasteiger partial charge in [-0.2, -0.15) is 15.0 Å². The van der Waals surface area contributed by atoms with E-state index in [-0.39, 0.29) is 5.75 Å². The maximum absolute atomic E-state index is 13.5. The second kappa shape index (κ2) is 4.50. The zero-order valence-corrected chi connectivity index (χ0v) is 9.59. The summed E-state index contributed by atoms with van der Waals surface area (Å²) in [7, 11) is 3.12. The highest BCUT2D eigenvalue weighted by molar-refractivity contribution is 5.33. The standard InChI is InChI=1S/C11H13FN4O/c1-16-14-6-9(15-16)11(13)7-3-4-10(17-2)8(12)5-7/h3-6,11H,13H2,1-2H3/t11-/m0/s1. The van der Waals surface area contributed by atoms with E-state index in [2.05, 4.69) is 10.2 Å². The van der Waals surface area contributed by atoms with E-state index in [1.54, 1.807) is 25.4 Å². The van der Waals surface area contributed by atoms with Crippen molar-refractivity contribution in [2.24, 2.45) is 12.8 Å². The molecule has 0 saturated carbocycles. The second-order valence-corrected chi connectivity index (χ2v) is 3.63. The van der Waals surface area contributed by atoms with Crippen LogP contribution in [0.1, 0.15) is 17.3 Å². The van der Waals surface area contributed by atoms with Gasteiger partial charge in [-0.3, -0.25) is 0 Å². The number of halogens is 1. The van der Waals surface area contributed by atoms with Gasteiger partial charge in [0.15, 0.2) is 11.6 Å². The van der Waals surface area contributed by atoms with Crippen LogP contribution in [0.5, 0.6) is 5.75 Å². The molecular formula is C11H13FN4O. The van der Waals surface area contributed by atoms with Gasteiger partial charge in [0.2, 0.25) is 0 Å². The topological polar surface area (TPSA) is 66.0 Å². The lowest BCUT2D eigenvalue weighted by molar-refractivity contribution is 0.386. The lowest BCUT2D eigenvalue weighted by Crippen LogP contribution is -2.13. The molecule has 6 heteroatoms. The van der Waals surface area contributed by atoms with E-state index >= 15 is 0 Å². The SMILES string of the molecule is COc1ccc([C@H](N)c2cnn(C)n2)cc1F. The van der Waals surface area contributed by atoms with E-state index in [0.717, 1.165) is 0 Å². The predicted molar refractivity (Wildman–Crippen MR) is 60.0 cm³/mol. The Bertz CT molecular complexity index is 526. The molecule has 0 saturated heterocycles. The number of methoxy groups -OCH3 is 1. The van der Waals surface area contributed by atoms with Gasteiger partial charge < -0.3 is 10.5 Å². The van der Waals surface area contributed by atoms with Crippen LogP contribution in [0.25, 0.3) is 0 Å². The molecule has 1 aromatic heterocycles. The summed E-state index contributed by atoms with van der Waals surface area (Å²) in [6.45, 7) is 0. The molecule has 2 rings (SSSR count). The molecule has 0 aliphatic rings. The molecule has 0 aliphatic carbocycles. The zero-order valence-electron chi connectivity index (χ0n) is 9.59. The summed E-state index contributed by atoms with van der Waals surface area (Å²) < 4.78 is 18.4. The Morgan fingerprint density at radius 1 is 1.47 bits per heavy atom. The smallest absolute Gasteiger partial charge is 0.165 e. The maximum atomic E-state index is 13.5. The molecular weight excluding hydrogens is 223 g/mol. The molecule has 0 amide bonds. The average molecular weight is 236 g/mol. The molecule has 17 heavy (non-hydrogen) atoms. The molecule has 0 radical (unpaired) electrons. The number of rotatable bonds is 3. The maximum Gasteiger partial charge on any atom is 0.165 e. The summed E-state index contributed by atoms with van der Waals surface area (Å²) in [4.78, 5) is 1.41. The minimum atomic E-state index is -0.496. The van der Waals surface area contributed by atoms with E-state index in [4.69, 9.17) is 10.5 Å². The minimum absolute atomic E-state index is 0.195. The number of aromatic nitrogens is 3. The van der Waals surface area contributed by atoms with Gasteiger partial charge >= 0.3 is 0 Å². The van der Waals surface area contributed by atoms with Crippen molar-refractivity contribution in [3.05, 3.63) is 41.5 Å². The normalized spacial score (nSPS) is 12.5. The van der Waals surface area contributed by atoms with Crippen molar-refractivity contribution in [1.29, 1.82) is 0 Å². The number of ether oxygens (including phenoxy) is 1. The molecule has 0 fully saturated rings. The van der Waals surface area contributed by atoms with Crippen molar-refractivity contribution in [3.63, 3.8) is 0 Å². The predicted octanol–water partition coefficient (Wildman–Crippen LogP) is 1.01. The summed E-state index contributed by atoms with van der Waals surface area (Å²) in [5.74, 6) is -0.246. The fourth-order valence-corrected chi connectivity index (χ4v) is 1.55. The number of hydrogen-bond acceptors (Lipinski definition) is 4. The van der Waals surface area contributed by atoms with Crippen molar-refractivity contribution in [2.75, 3.05) is 7.11 Å². The van der Waals surface area contributed by atoms with Gasteiger partial charge in [0, 0.05) is 7.05 Å². The molecule has 2 N–H and O–H groups in total. The molecule has 0 spiro atoms. The van der Waals surface area contributed by atoms with Crippen LogP contribution >= 0.6 is 0 Å². The highest BCUT2D eigenvalue weighted by atomic mass is 19.1. The van der Waals surface area contributed by atoms with E-state index in [0.29, 0.717) is 11.3 Å². The Morgan fingerprint density at radius 3 is 2.76 bits per heavy atom. The van der Waals surface area contributed by atoms with Crippen LogP contribution in [0.2, 0.25) is 0 Å². The number of aryl methyl sites for hydroxylation is 1. The second-order valence-electron chi connectivity index (χ2n) is 3.63. The Morgan fingerprint density at radius 2 is 2.24 bits per heavy atom. The molecule has 90 valence electrons. The third-order valence-corrected chi connectivity index (χ3v) is 2.47. The van der Waals surface area contributed by atoms with Gasteiger partial charge in [-0.1, -0.05) is 6.07 Å². The van der Waals surface area contributed by atoms with Gasteiger partial charge in [-0.25, -0.2) is 4.39 Å². The van der Waals surface area contributed by atoms with Gasteiger partial charge in [0.25, 0.3) is 0 Å². The van der Waals surface area contributed by atoms with Crippen LogP contribution in [0.15, 0.2) is 24.4 Å². The first kappa shape index (κ1) is 11.5. The van der Waals surface area contributed by atoms with Crippen molar-refractivity contribution in [1.82, 2.24) is 15.0 Å². The molecule has 1 heterocycles. The van der Waals surface area contributed by atoms with Crippen LogP contribution < -0.4 is 10.5 Å². The number of nitrogens with zero attached hydrogens (tertiary/aromatic N) is 3. The van der Waals surface area contributed by atoms with Crippen molar-refractivity contribution >= 4 is 0 Å². The molecule has 0 unspecified atom stereocenters. The van der Waals surface area contributed by atoms with Crippen LogP contribution in [0.4, 0.5) is 4.39 Å². The van der Waals surface area contributed by atoms with E-state index < -0.39 is 11.9 Å². The first-order chi connectivity index (χ1) is 8.11. The molecule has 2 aromatic rings. The summed E-state index contributed by atoms with van der Waals surface area (Å²) in [6, 6.07) is 4.10. The summed E-state index contributed by atoms with van der Waals surface area (Å²) in [5, 5.41) is 8.01. The van der Waals surface area contributed by atoms with Crippen LogP contribution in [-0.2, 0) is 7.05 Å². The van der Waals surface area contributed by atoms with Gasteiger partial charge in [-0.15, -0.1) is 0 Å². The molecule has 1 atom stereocenters. The van der Waals surface area contributed by atoms with Gasteiger partial charge in [0.1, 0.15) is 5.69 Å². The molecule has 1 aromatic carbocycles. The third kappa shape index (κ3) is 2.26. The summed E-state index contributed by atoms with van der Waals surface area (Å²) in [6.07, 6.45) is 1.56. The molecule has 0 aliphatic heterocycles. The quantitative estimate of drug-likeness (QED) is 0.863. The molecule has 5 nitrogen and oxygen atoms in total. The zero-order chi connectivity index (χ0) is 12.4. The lowest BCUT2D eigenvalue weighted by Gasteiger charge is -2.10. The largest absolute Gasteiger partial charge is 0.494 e. The Kier molecular flexibility index (Phi) is 3.06. The number of nitrogens with two attached hydrogens (primary N) is 1. The summed E-state index contributed by atoms with van der Waals surface area (Å²) in [5.41, 5.74) is 7.19. The number of hydrogen-bond donors (Lipinski definition) is 1. The summed E-state index contributed by atoms with van der Waals surface area (Å²) >= 11 is 0. The Hall–Kier alpha value is -1.95. The van der Waals surface area contributed by atoms with Crippen LogP contribution in [0, 0.1) is 5.82 Å². The first-order valence-corrected chi connectivity index (χ1v) is 5.07. The van der Waals surface area contributed by atoms with E-state index in [1.165, 1.54) is 18.0 Å². The van der Waals surface area contributed by atoms with Gasteiger partial charge in [-0.05, 0) is 17.7 Å². The van der Waals surface area contributed by atoms with Crippen molar-refractivity contribution in [2.45, 2.75) is 6.04 Å². The Balaban J connectivity index is 2.31. The van der Waals surface area contributed by atoms with Crippen LogP contribution in [0.3, 0.4) is 0 Å². The number of benzene rings is 1. The first-order valence-electron chi connectivity index (χ1n) is 5.07. The molecule has 0 bridgehead atoms. The fraction of sp³-hybridized carbons (Fsp3) is 0.273. The average Bonchev–Trinajstić information content (AvgIpc) is 2.75. The van der Waals surface area contributed by atoms with Crippen molar-refractivity contribution in [3.8, 4) is 5.75 Å². The minimum Gasteiger partial charge on any atom is -0.494 e. The van der Waals surface area contributed by atoms with Crippen molar-refractivity contribution < 1.29 is 9.13 Å². The highest BCUT2D eigenvalue weighted by Gasteiger charge is 2.14. The fourth-order valence-electron chi connectivity index (χ4n) is 1.55. The monoisotopic (exact) mass is 236 g/mol. The highest BCUT2D eigenvalue weighted by Crippen LogP contribution is 2.23. The van der Waals surface area contributed by atoms with Crippen LogP contribution in [-0.4, -0.2) is 22.1 Å². The lowest BCUT2D eigenvalue weighted by atomic mass is 10.1. The van der Waals surface area contributed by atoms with Gasteiger partial charge in [0.05, 0.1) is 19.3 Å². The Labute approximate surface area is 98.0 Å². The van der Waals surface area contributed by atoms with E-state index in [1.807, 2.05) is 0 Å². The third-order valence-electron chi connectivity index (χ3n) is 2.47. The van der Waals surface area contributed by atoms with E-state index in [9.17, 15) is 4.39 Å².